The van der Waals surface area contributed by atoms with Crippen molar-refractivity contribution in [2.75, 3.05) is 30.3 Å². The second-order valence-electron chi connectivity index (χ2n) is 6.31. The van der Waals surface area contributed by atoms with E-state index < -0.39 is 0 Å². The van der Waals surface area contributed by atoms with Gasteiger partial charge >= 0.3 is 0 Å². The largest absolute Gasteiger partial charge is 0.384 e. The molecule has 0 amide bonds. The van der Waals surface area contributed by atoms with Gasteiger partial charge in [0.25, 0.3) is 0 Å². The summed E-state index contributed by atoms with van der Waals surface area (Å²) in [5.74, 6) is 0.777. The highest BCUT2D eigenvalue weighted by molar-refractivity contribution is 9.11. The van der Waals surface area contributed by atoms with Crippen LogP contribution in [-0.2, 0) is 0 Å². The van der Waals surface area contributed by atoms with E-state index in [0.29, 0.717) is 6.04 Å². The lowest BCUT2D eigenvalue weighted by Crippen LogP contribution is -2.30. The fourth-order valence-corrected chi connectivity index (χ4v) is 4.66. The maximum Gasteiger partial charge on any atom is 0.202 e. The summed E-state index contributed by atoms with van der Waals surface area (Å²) in [6.07, 6.45) is 3.85. The number of hydrogen-bond donors (Lipinski definition) is 4. The maximum atomic E-state index is 4.43. The molecule has 1 aromatic carbocycles. The first-order valence-electron chi connectivity index (χ1n) is 8.71. The molecule has 0 aliphatic carbocycles. The summed E-state index contributed by atoms with van der Waals surface area (Å²) < 4.78 is 2.20. The molecule has 0 fully saturated rings. The van der Waals surface area contributed by atoms with E-state index in [2.05, 4.69) is 74.9 Å². The summed E-state index contributed by atoms with van der Waals surface area (Å²) in [4.78, 5) is 11.9. The Morgan fingerprint density at radius 1 is 1.22 bits per heavy atom. The number of pyridine rings is 1. The van der Waals surface area contributed by atoms with Crippen LogP contribution in [0.5, 0.6) is 0 Å². The van der Waals surface area contributed by atoms with Crippen LogP contribution in [0.15, 0.2) is 39.4 Å². The number of benzene rings is 1. The summed E-state index contributed by atoms with van der Waals surface area (Å²) in [6, 6.07) is 8.54. The Balaban J connectivity index is 0.00000210. The molecular weight excluding hydrogens is 496 g/mol. The van der Waals surface area contributed by atoms with E-state index in [9.17, 15) is 0 Å². The Bertz CT molecular complexity index is 883. The fraction of sp³-hybridized carbons (Fsp3) is 0.333. The SMILES string of the molecule is Brc1cc(Br)c2c(c1)C(NCCCNc1nc3ncccc3[nH]1)CCN2.Cl. The topological polar surface area (TPSA) is 77.7 Å². The van der Waals surface area contributed by atoms with E-state index in [1.807, 2.05) is 12.1 Å². The van der Waals surface area contributed by atoms with Crippen LogP contribution < -0.4 is 16.0 Å². The summed E-state index contributed by atoms with van der Waals surface area (Å²) >= 11 is 7.24. The number of H-pyrrole nitrogens is 1. The van der Waals surface area contributed by atoms with E-state index in [4.69, 9.17) is 0 Å². The molecule has 144 valence electrons. The van der Waals surface area contributed by atoms with Crippen molar-refractivity contribution < 1.29 is 0 Å². The van der Waals surface area contributed by atoms with Crippen molar-refractivity contribution in [3.8, 4) is 0 Å². The van der Waals surface area contributed by atoms with Gasteiger partial charge in [0.05, 0.1) is 11.2 Å². The van der Waals surface area contributed by atoms with Crippen molar-refractivity contribution in [3.63, 3.8) is 0 Å². The van der Waals surface area contributed by atoms with E-state index in [0.717, 1.165) is 58.5 Å². The Morgan fingerprint density at radius 3 is 2.96 bits per heavy atom. The van der Waals surface area contributed by atoms with E-state index >= 15 is 0 Å². The van der Waals surface area contributed by atoms with Crippen molar-refractivity contribution in [2.45, 2.75) is 18.9 Å². The first-order chi connectivity index (χ1) is 12.7. The number of aromatic amines is 1. The molecule has 1 atom stereocenters. The Morgan fingerprint density at radius 2 is 2.11 bits per heavy atom. The summed E-state index contributed by atoms with van der Waals surface area (Å²) in [6.45, 7) is 2.78. The number of rotatable bonds is 6. The average Bonchev–Trinajstić information content (AvgIpc) is 3.04. The van der Waals surface area contributed by atoms with E-state index in [-0.39, 0.29) is 12.4 Å². The van der Waals surface area contributed by atoms with Gasteiger partial charge in [-0.15, -0.1) is 12.4 Å². The van der Waals surface area contributed by atoms with Crippen LogP contribution in [0.3, 0.4) is 0 Å². The molecule has 4 N–H and O–H groups in total. The van der Waals surface area contributed by atoms with Gasteiger partial charge in [0.1, 0.15) is 0 Å². The monoisotopic (exact) mass is 514 g/mol. The van der Waals surface area contributed by atoms with Crippen molar-refractivity contribution in [3.05, 3.63) is 45.0 Å². The third kappa shape index (κ3) is 4.74. The molecule has 1 aliphatic rings. The quantitative estimate of drug-likeness (QED) is 0.352. The first-order valence-corrected chi connectivity index (χ1v) is 10.3. The minimum Gasteiger partial charge on any atom is -0.384 e. The molecule has 3 aromatic rings. The zero-order valence-corrected chi connectivity index (χ0v) is 18.5. The number of aromatic nitrogens is 3. The average molecular weight is 517 g/mol. The molecular formula is C18H21Br2ClN6. The number of nitrogens with zero attached hydrogens (tertiary/aromatic N) is 2. The standard InChI is InChI=1S/C18H20Br2N6.ClH/c19-11-9-12-14(4-8-22-16(12)13(20)10-11)21-6-2-7-24-18-25-15-3-1-5-23-17(15)26-18;/h1,3,5,9-10,14,21-22H,2,4,6-8H2,(H2,23,24,25,26);1H. The fourth-order valence-electron chi connectivity index (χ4n) is 3.26. The van der Waals surface area contributed by atoms with Crippen molar-refractivity contribution >= 4 is 67.1 Å². The zero-order valence-electron chi connectivity index (χ0n) is 14.6. The molecule has 1 unspecified atom stereocenters. The zero-order chi connectivity index (χ0) is 17.9. The highest BCUT2D eigenvalue weighted by Gasteiger charge is 2.21. The molecule has 6 nitrogen and oxygen atoms in total. The van der Waals surface area contributed by atoms with Gasteiger partial charge in [0, 0.05) is 34.3 Å². The Labute approximate surface area is 181 Å². The van der Waals surface area contributed by atoms with Crippen LogP contribution in [0.4, 0.5) is 11.6 Å². The molecule has 9 heteroatoms. The molecule has 0 saturated carbocycles. The minimum absolute atomic E-state index is 0. The van der Waals surface area contributed by atoms with Gasteiger partial charge in [-0.2, -0.15) is 4.98 Å². The number of nitrogens with one attached hydrogen (secondary N) is 4. The van der Waals surface area contributed by atoms with Gasteiger partial charge in [0.2, 0.25) is 5.95 Å². The first kappa shape index (κ1) is 20.4. The highest BCUT2D eigenvalue weighted by atomic mass is 79.9. The lowest BCUT2D eigenvalue weighted by atomic mass is 9.98. The number of anilines is 2. The van der Waals surface area contributed by atoms with Crippen LogP contribution in [0.25, 0.3) is 11.2 Å². The maximum absolute atomic E-state index is 4.43. The van der Waals surface area contributed by atoms with Gasteiger partial charge in [0.15, 0.2) is 5.65 Å². The second kappa shape index (κ2) is 9.23. The molecule has 0 bridgehead atoms. The molecule has 1 aliphatic heterocycles. The molecule has 0 spiro atoms. The van der Waals surface area contributed by atoms with Crippen molar-refractivity contribution in [2.24, 2.45) is 0 Å². The second-order valence-corrected chi connectivity index (χ2v) is 8.08. The summed E-state index contributed by atoms with van der Waals surface area (Å²) in [5.41, 5.74) is 4.21. The number of hydrogen-bond acceptors (Lipinski definition) is 5. The van der Waals surface area contributed by atoms with Gasteiger partial charge in [-0.3, -0.25) is 0 Å². The molecule has 4 rings (SSSR count). The van der Waals surface area contributed by atoms with Gasteiger partial charge < -0.3 is 20.9 Å². The van der Waals surface area contributed by atoms with E-state index in [1.165, 1.54) is 11.3 Å². The number of imidazole rings is 1. The minimum atomic E-state index is 0. The van der Waals surface area contributed by atoms with Gasteiger partial charge in [-0.25, -0.2) is 4.98 Å². The smallest absolute Gasteiger partial charge is 0.202 e. The van der Waals surface area contributed by atoms with Crippen molar-refractivity contribution in [1.29, 1.82) is 0 Å². The van der Waals surface area contributed by atoms with Crippen molar-refractivity contribution in [1.82, 2.24) is 20.3 Å². The third-order valence-corrected chi connectivity index (χ3v) is 5.57. The third-order valence-electron chi connectivity index (χ3n) is 4.49. The molecule has 0 saturated heterocycles. The summed E-state index contributed by atoms with van der Waals surface area (Å²) in [5, 5.41) is 10.5. The normalized spacial score (nSPS) is 15.7. The highest BCUT2D eigenvalue weighted by Crippen LogP contribution is 2.38. The lowest BCUT2D eigenvalue weighted by molar-refractivity contribution is 0.497. The molecule has 0 radical (unpaired) electrons. The van der Waals surface area contributed by atoms with Crippen LogP contribution in [0.1, 0.15) is 24.4 Å². The predicted octanol–water partition coefficient (Wildman–Crippen LogP) is 4.85. The number of fused-ring (bicyclic) bond motifs is 2. The van der Waals surface area contributed by atoms with E-state index in [1.54, 1.807) is 6.20 Å². The number of halogens is 3. The predicted molar refractivity (Wildman–Crippen MR) is 120 cm³/mol. The summed E-state index contributed by atoms with van der Waals surface area (Å²) in [7, 11) is 0. The Hall–Kier alpha value is -1.35. The van der Waals surface area contributed by atoms with Gasteiger partial charge in [-0.1, -0.05) is 15.9 Å². The van der Waals surface area contributed by atoms with Crippen LogP contribution in [0.2, 0.25) is 0 Å². The molecule has 3 heterocycles. The molecule has 27 heavy (non-hydrogen) atoms. The van der Waals surface area contributed by atoms with Gasteiger partial charge in [-0.05, 0) is 65.1 Å². The van der Waals surface area contributed by atoms with Crippen LogP contribution in [-0.4, -0.2) is 34.6 Å². The van der Waals surface area contributed by atoms with Crippen LogP contribution in [0, 0.1) is 0 Å². The lowest BCUT2D eigenvalue weighted by Gasteiger charge is -2.29. The Kier molecular flexibility index (Phi) is 6.97. The molecule has 2 aromatic heterocycles. The van der Waals surface area contributed by atoms with Crippen LogP contribution >= 0.6 is 44.3 Å².